The van der Waals surface area contributed by atoms with Gasteiger partial charge in [0.05, 0.1) is 11.3 Å². The van der Waals surface area contributed by atoms with Gasteiger partial charge >= 0.3 is 5.97 Å². The molecule has 0 aliphatic rings. The maximum absolute atomic E-state index is 10.9. The van der Waals surface area contributed by atoms with Crippen LogP contribution in [0.15, 0.2) is 24.3 Å². The van der Waals surface area contributed by atoms with Crippen molar-refractivity contribution in [3.8, 4) is 6.07 Å². The number of nitriles is 1. The molecular weight excluding hydrogens is 204 g/mol. The van der Waals surface area contributed by atoms with E-state index in [0.29, 0.717) is 17.7 Å². The Bertz CT molecular complexity index is 410. The number of hydrogen-bond donors (Lipinski definition) is 2. The Morgan fingerprint density at radius 1 is 1.56 bits per heavy atom. The Hall–Kier alpha value is -2.02. The van der Waals surface area contributed by atoms with Gasteiger partial charge in [0.15, 0.2) is 0 Å². The van der Waals surface area contributed by atoms with E-state index in [9.17, 15) is 4.79 Å². The normalized spacial score (nSPS) is 11.5. The van der Waals surface area contributed by atoms with Crippen molar-refractivity contribution in [1.82, 2.24) is 0 Å². The average Bonchev–Trinajstić information content (AvgIpc) is 2.29. The number of benzene rings is 1. The molecule has 0 aliphatic heterocycles. The second kappa shape index (κ2) is 5.76. The summed E-state index contributed by atoms with van der Waals surface area (Å²) in [5.41, 5.74) is 1.04. The van der Waals surface area contributed by atoms with Crippen molar-refractivity contribution in [2.24, 2.45) is 0 Å². The van der Waals surface area contributed by atoms with Crippen LogP contribution in [0.1, 0.15) is 25.3 Å². The molecule has 1 atom stereocenters. The van der Waals surface area contributed by atoms with Crippen molar-refractivity contribution in [2.45, 2.75) is 25.8 Å². The molecule has 0 amide bonds. The number of aliphatic carboxylic acids is 1. The minimum atomic E-state index is -0.894. The zero-order valence-electron chi connectivity index (χ0n) is 9.10. The smallest absolute Gasteiger partial charge is 0.326 e. The number of carbonyl (C=O) groups is 1. The van der Waals surface area contributed by atoms with Crippen LogP contribution >= 0.6 is 0 Å². The summed E-state index contributed by atoms with van der Waals surface area (Å²) in [5.74, 6) is -0.894. The number of nitrogens with one attached hydrogen (secondary N) is 1. The van der Waals surface area contributed by atoms with Gasteiger partial charge in [-0.05, 0) is 18.6 Å². The Morgan fingerprint density at radius 3 is 2.81 bits per heavy atom. The van der Waals surface area contributed by atoms with Crippen LogP contribution in [0.2, 0.25) is 0 Å². The van der Waals surface area contributed by atoms with Gasteiger partial charge in [0.2, 0.25) is 0 Å². The fraction of sp³-hybridized carbons (Fsp3) is 0.333. The second-order valence-corrected chi connectivity index (χ2v) is 3.48. The van der Waals surface area contributed by atoms with Crippen LogP contribution < -0.4 is 5.32 Å². The van der Waals surface area contributed by atoms with Crippen LogP contribution in [0.3, 0.4) is 0 Å². The first kappa shape index (κ1) is 12.1. The Morgan fingerprint density at radius 2 is 2.25 bits per heavy atom. The van der Waals surface area contributed by atoms with Crippen LogP contribution in [0.5, 0.6) is 0 Å². The molecule has 0 heterocycles. The highest BCUT2D eigenvalue weighted by Crippen LogP contribution is 2.16. The molecule has 0 fully saturated rings. The van der Waals surface area contributed by atoms with Gasteiger partial charge in [0.25, 0.3) is 0 Å². The van der Waals surface area contributed by atoms with Gasteiger partial charge in [-0.2, -0.15) is 5.26 Å². The predicted molar refractivity (Wildman–Crippen MR) is 61.1 cm³/mol. The number of anilines is 1. The quantitative estimate of drug-likeness (QED) is 0.794. The number of para-hydroxylation sites is 1. The standard InChI is InChI=1S/C12H14N2O2/c1-2-5-11(12(15)16)14-10-7-4-3-6-9(10)8-13/h3-4,6-7,11,14H,2,5H2,1H3,(H,15,16). The molecule has 0 spiro atoms. The van der Waals surface area contributed by atoms with Gasteiger partial charge < -0.3 is 10.4 Å². The van der Waals surface area contributed by atoms with E-state index in [1.807, 2.05) is 13.0 Å². The molecule has 16 heavy (non-hydrogen) atoms. The van der Waals surface area contributed by atoms with E-state index in [-0.39, 0.29) is 0 Å². The molecule has 0 aliphatic carbocycles. The van der Waals surface area contributed by atoms with Gasteiger partial charge in [-0.3, -0.25) is 0 Å². The molecule has 1 rings (SSSR count). The average molecular weight is 218 g/mol. The Balaban J connectivity index is 2.85. The number of carboxylic acid groups (broad SMARTS) is 1. The van der Waals surface area contributed by atoms with E-state index in [1.54, 1.807) is 24.3 Å². The number of hydrogen-bond acceptors (Lipinski definition) is 3. The maximum atomic E-state index is 10.9. The van der Waals surface area contributed by atoms with E-state index in [2.05, 4.69) is 5.32 Å². The third-order valence-electron chi connectivity index (χ3n) is 2.25. The van der Waals surface area contributed by atoms with Gasteiger partial charge in [-0.1, -0.05) is 25.5 Å². The van der Waals surface area contributed by atoms with Crippen LogP contribution in [0.4, 0.5) is 5.69 Å². The third-order valence-corrected chi connectivity index (χ3v) is 2.25. The summed E-state index contributed by atoms with van der Waals surface area (Å²) in [6, 6.07) is 8.28. The lowest BCUT2D eigenvalue weighted by molar-refractivity contribution is -0.138. The molecule has 2 N–H and O–H groups in total. The first-order chi connectivity index (χ1) is 7.69. The lowest BCUT2D eigenvalue weighted by Crippen LogP contribution is -2.29. The summed E-state index contributed by atoms with van der Waals surface area (Å²) in [4.78, 5) is 10.9. The summed E-state index contributed by atoms with van der Waals surface area (Å²) < 4.78 is 0. The van der Waals surface area contributed by atoms with E-state index in [4.69, 9.17) is 10.4 Å². The summed E-state index contributed by atoms with van der Waals surface area (Å²) in [7, 11) is 0. The molecule has 1 aromatic rings. The molecule has 0 saturated heterocycles. The Kier molecular flexibility index (Phi) is 4.34. The summed E-state index contributed by atoms with van der Waals surface area (Å²) in [6.07, 6.45) is 1.31. The van der Waals surface area contributed by atoms with Gasteiger partial charge in [-0.15, -0.1) is 0 Å². The van der Waals surface area contributed by atoms with E-state index in [0.717, 1.165) is 6.42 Å². The van der Waals surface area contributed by atoms with Crippen LogP contribution in [0.25, 0.3) is 0 Å². The fourth-order valence-electron chi connectivity index (χ4n) is 1.44. The van der Waals surface area contributed by atoms with E-state index < -0.39 is 12.0 Å². The van der Waals surface area contributed by atoms with Crippen molar-refractivity contribution < 1.29 is 9.90 Å². The highest BCUT2D eigenvalue weighted by molar-refractivity contribution is 5.78. The van der Waals surface area contributed by atoms with E-state index >= 15 is 0 Å². The summed E-state index contributed by atoms with van der Waals surface area (Å²) in [6.45, 7) is 1.92. The van der Waals surface area contributed by atoms with Crippen molar-refractivity contribution in [2.75, 3.05) is 5.32 Å². The topological polar surface area (TPSA) is 73.1 Å². The molecule has 0 aromatic heterocycles. The molecule has 0 saturated carbocycles. The molecule has 84 valence electrons. The molecule has 1 aromatic carbocycles. The van der Waals surface area contributed by atoms with Crippen LogP contribution in [-0.2, 0) is 4.79 Å². The lowest BCUT2D eigenvalue weighted by Gasteiger charge is -2.15. The third kappa shape index (κ3) is 2.99. The highest BCUT2D eigenvalue weighted by atomic mass is 16.4. The van der Waals surface area contributed by atoms with E-state index in [1.165, 1.54) is 0 Å². The minimum absolute atomic E-state index is 0.463. The lowest BCUT2D eigenvalue weighted by atomic mass is 10.1. The van der Waals surface area contributed by atoms with Crippen LogP contribution in [-0.4, -0.2) is 17.1 Å². The monoisotopic (exact) mass is 218 g/mol. The number of nitrogens with zero attached hydrogens (tertiary/aromatic N) is 1. The van der Waals surface area contributed by atoms with Gasteiger partial charge in [-0.25, -0.2) is 4.79 Å². The zero-order valence-corrected chi connectivity index (χ0v) is 9.10. The van der Waals surface area contributed by atoms with Gasteiger partial charge in [0.1, 0.15) is 12.1 Å². The maximum Gasteiger partial charge on any atom is 0.326 e. The molecule has 1 unspecified atom stereocenters. The van der Waals surface area contributed by atoms with Crippen molar-refractivity contribution in [3.05, 3.63) is 29.8 Å². The first-order valence-electron chi connectivity index (χ1n) is 5.17. The SMILES string of the molecule is CCCC(Nc1ccccc1C#N)C(=O)O. The number of rotatable bonds is 5. The molecule has 4 heteroatoms. The summed E-state index contributed by atoms with van der Waals surface area (Å²) >= 11 is 0. The second-order valence-electron chi connectivity index (χ2n) is 3.48. The summed E-state index contributed by atoms with van der Waals surface area (Å²) in [5, 5.41) is 20.7. The van der Waals surface area contributed by atoms with Crippen LogP contribution in [0, 0.1) is 11.3 Å². The molecule has 4 nitrogen and oxygen atoms in total. The minimum Gasteiger partial charge on any atom is -0.480 e. The van der Waals surface area contributed by atoms with Crippen molar-refractivity contribution in [3.63, 3.8) is 0 Å². The highest BCUT2D eigenvalue weighted by Gasteiger charge is 2.16. The fourth-order valence-corrected chi connectivity index (χ4v) is 1.44. The van der Waals surface area contributed by atoms with Crippen molar-refractivity contribution >= 4 is 11.7 Å². The predicted octanol–water partition coefficient (Wildman–Crippen LogP) is 2.22. The molecule has 0 radical (unpaired) electrons. The zero-order chi connectivity index (χ0) is 12.0. The largest absolute Gasteiger partial charge is 0.480 e. The molecular formula is C12H14N2O2. The van der Waals surface area contributed by atoms with Gasteiger partial charge in [0, 0.05) is 0 Å². The first-order valence-corrected chi connectivity index (χ1v) is 5.17. The molecule has 0 bridgehead atoms. The van der Waals surface area contributed by atoms with Crippen molar-refractivity contribution in [1.29, 1.82) is 5.26 Å². The Labute approximate surface area is 94.5 Å². The number of carboxylic acids is 1.